The molecule has 2 heterocycles. The number of hydrogen-bond donors (Lipinski definition) is 8. The Bertz CT molecular complexity index is 1640. The van der Waals surface area contributed by atoms with Crippen molar-refractivity contribution in [2.75, 3.05) is 25.6 Å². The van der Waals surface area contributed by atoms with Gasteiger partial charge in [-0.25, -0.2) is 19.0 Å². The second kappa shape index (κ2) is 14.3. The highest BCUT2D eigenvalue weighted by Crippen LogP contribution is 2.35. The highest BCUT2D eigenvalue weighted by atomic mass is 19.1. The monoisotopic (exact) mass is 600 g/mol. The highest BCUT2D eigenvalue weighted by molar-refractivity contribution is 5.95. The number of carboxylic acids is 2. The molecule has 0 amide bonds. The number of nitrogens with one attached hydrogen (secondary N) is 4. The number of carbonyl (C=O) groups is 2. The Hall–Kier alpha value is -5.71. The molecule has 43 heavy (non-hydrogen) atoms. The molecule has 228 valence electrons. The van der Waals surface area contributed by atoms with Gasteiger partial charge < -0.3 is 40.8 Å². The first-order valence-electron chi connectivity index (χ1n) is 12.4. The van der Waals surface area contributed by atoms with Crippen molar-refractivity contribution < 1.29 is 38.8 Å². The molecule has 0 aliphatic carbocycles. The summed E-state index contributed by atoms with van der Waals surface area (Å²) in [4.78, 5) is 42.2. The fourth-order valence-electron chi connectivity index (χ4n) is 3.70. The van der Waals surface area contributed by atoms with Crippen LogP contribution in [-0.2, 0) is 4.79 Å². The molecule has 0 bridgehead atoms. The third kappa shape index (κ3) is 7.94. The van der Waals surface area contributed by atoms with E-state index in [0.29, 0.717) is 11.3 Å². The fraction of sp³-hybridized carbons (Fsp3) is 0.231. The number of aliphatic hydroxyl groups is 1. The van der Waals surface area contributed by atoms with Crippen LogP contribution < -0.4 is 26.2 Å². The molecule has 0 radical (unpaired) electrons. The summed E-state index contributed by atoms with van der Waals surface area (Å²) in [5.74, 6) is -3.37. The molecule has 0 saturated carbocycles. The first-order valence-corrected chi connectivity index (χ1v) is 12.4. The minimum Gasteiger partial charge on any atom is -0.497 e. The Morgan fingerprint density at radius 1 is 1.23 bits per heavy atom. The van der Waals surface area contributed by atoms with Crippen molar-refractivity contribution in [2.45, 2.75) is 19.4 Å². The van der Waals surface area contributed by atoms with Gasteiger partial charge in [-0.2, -0.15) is 4.68 Å². The van der Waals surface area contributed by atoms with Crippen LogP contribution in [0.2, 0.25) is 0 Å². The van der Waals surface area contributed by atoms with Gasteiger partial charge in [-0.3, -0.25) is 15.2 Å². The molecule has 2 aromatic carbocycles. The smallest absolute Gasteiger partial charge is 0.356 e. The molecule has 1 atom stereocenters. The maximum absolute atomic E-state index is 15.8. The number of aromatic carboxylic acids is 1. The fourth-order valence-corrected chi connectivity index (χ4v) is 3.70. The van der Waals surface area contributed by atoms with E-state index in [4.69, 9.17) is 35.6 Å². The molecule has 0 aliphatic heterocycles. The van der Waals surface area contributed by atoms with E-state index in [1.807, 2.05) is 0 Å². The van der Waals surface area contributed by atoms with E-state index in [9.17, 15) is 14.7 Å². The van der Waals surface area contributed by atoms with E-state index in [1.165, 1.54) is 19.2 Å². The second-order valence-corrected chi connectivity index (χ2v) is 8.68. The Morgan fingerprint density at radius 2 is 1.91 bits per heavy atom. The van der Waals surface area contributed by atoms with Crippen LogP contribution in [0, 0.1) is 11.2 Å². The molecular formula is C26H29FN8O8. The van der Waals surface area contributed by atoms with Crippen LogP contribution in [0.5, 0.6) is 11.5 Å². The SMILES string of the molecule is CC(=O)O.COc1cc(OCCCO)c(F)c(C(Nc2ccc(C(=N)N)cc2)c2nn(-c3nc[nH]c3C(=O)O)c(=O)[nH]2)c1. The van der Waals surface area contributed by atoms with Crippen molar-refractivity contribution in [3.05, 3.63) is 81.7 Å². The second-order valence-electron chi connectivity index (χ2n) is 8.68. The summed E-state index contributed by atoms with van der Waals surface area (Å²) in [5.41, 5.74) is 5.24. The van der Waals surface area contributed by atoms with Crippen LogP contribution in [-0.4, -0.2) is 78.1 Å². The molecule has 0 aliphatic rings. The molecule has 17 heteroatoms. The summed E-state index contributed by atoms with van der Waals surface area (Å²) >= 11 is 0. The molecular weight excluding hydrogens is 571 g/mol. The number of halogens is 1. The van der Waals surface area contributed by atoms with Gasteiger partial charge in [-0.1, -0.05) is 0 Å². The maximum atomic E-state index is 15.8. The van der Waals surface area contributed by atoms with Gasteiger partial charge >= 0.3 is 11.7 Å². The normalized spacial score (nSPS) is 11.2. The quantitative estimate of drug-likeness (QED) is 0.0653. The summed E-state index contributed by atoms with van der Waals surface area (Å²) in [5, 5.41) is 40.8. The number of ether oxygens (including phenoxy) is 2. The number of aliphatic hydroxyl groups excluding tert-OH is 1. The van der Waals surface area contributed by atoms with Gasteiger partial charge in [0.05, 0.1) is 20.0 Å². The zero-order chi connectivity index (χ0) is 31.7. The zero-order valence-electron chi connectivity index (χ0n) is 22.9. The lowest BCUT2D eigenvalue weighted by atomic mass is 10.0. The molecule has 4 aromatic rings. The average molecular weight is 601 g/mol. The van der Waals surface area contributed by atoms with Crippen molar-refractivity contribution in [2.24, 2.45) is 5.73 Å². The summed E-state index contributed by atoms with van der Waals surface area (Å²) in [6.07, 6.45) is 1.37. The van der Waals surface area contributed by atoms with Gasteiger partial charge in [-0.05, 0) is 30.3 Å². The largest absolute Gasteiger partial charge is 0.497 e. The van der Waals surface area contributed by atoms with E-state index in [2.05, 4.69) is 25.4 Å². The van der Waals surface area contributed by atoms with E-state index >= 15 is 4.39 Å². The van der Waals surface area contributed by atoms with Crippen molar-refractivity contribution in [3.63, 3.8) is 0 Å². The summed E-state index contributed by atoms with van der Waals surface area (Å²) in [6, 6.07) is 7.96. The van der Waals surface area contributed by atoms with Crippen LogP contribution in [0.15, 0.2) is 47.5 Å². The lowest BCUT2D eigenvalue weighted by Crippen LogP contribution is -2.19. The Kier molecular flexibility index (Phi) is 10.6. The van der Waals surface area contributed by atoms with Crippen molar-refractivity contribution in [3.8, 4) is 17.3 Å². The average Bonchev–Trinajstić information content (AvgIpc) is 3.59. The van der Waals surface area contributed by atoms with Crippen LogP contribution in [0.4, 0.5) is 10.1 Å². The first kappa shape index (κ1) is 31.8. The van der Waals surface area contributed by atoms with E-state index in [-0.39, 0.29) is 59.9 Å². The van der Waals surface area contributed by atoms with Crippen LogP contribution >= 0.6 is 0 Å². The lowest BCUT2D eigenvalue weighted by Gasteiger charge is -2.21. The third-order valence-corrected chi connectivity index (χ3v) is 5.60. The van der Waals surface area contributed by atoms with Gasteiger partial charge in [0.2, 0.25) is 0 Å². The summed E-state index contributed by atoms with van der Waals surface area (Å²) in [7, 11) is 1.39. The maximum Gasteiger partial charge on any atom is 0.356 e. The van der Waals surface area contributed by atoms with Gasteiger partial charge in [-0.15, -0.1) is 5.10 Å². The number of aliphatic carboxylic acids is 1. The number of aromatic amines is 2. The predicted molar refractivity (Wildman–Crippen MR) is 150 cm³/mol. The number of anilines is 1. The number of amidine groups is 1. The summed E-state index contributed by atoms with van der Waals surface area (Å²) < 4.78 is 27.4. The van der Waals surface area contributed by atoms with E-state index < -0.39 is 29.5 Å². The number of nitrogens with two attached hydrogens (primary N) is 1. The topological polar surface area (TPSA) is 255 Å². The first-order chi connectivity index (χ1) is 20.5. The Balaban J connectivity index is 0.00000119. The molecule has 4 rings (SSSR count). The number of benzene rings is 2. The van der Waals surface area contributed by atoms with Gasteiger partial charge in [0.15, 0.2) is 28.9 Å². The molecule has 0 saturated heterocycles. The Morgan fingerprint density at radius 3 is 2.49 bits per heavy atom. The van der Waals surface area contributed by atoms with Crippen LogP contribution in [0.25, 0.3) is 5.82 Å². The van der Waals surface area contributed by atoms with E-state index in [1.54, 1.807) is 24.3 Å². The number of aromatic nitrogens is 5. The standard InChI is InChI=1S/C24H25FN8O6.C2H4O2/c1-38-14-9-15(17(25)16(10-14)39-8-2-7-34)18(30-13-5-3-12(4-6-13)20(26)27)21-31-24(37)33(32-21)22-19(23(35)36)28-11-29-22;1-2(3)4/h3-6,9-11,18,30,34H,2,7-8H2,1H3,(H3,26,27)(H,28,29)(H,35,36)(H,31,32,37);1H3,(H,3,4). The molecule has 1 unspecified atom stereocenters. The predicted octanol–water partition coefficient (Wildman–Crippen LogP) is 1.47. The number of carboxylic acid groups (broad SMARTS) is 2. The molecule has 9 N–H and O–H groups in total. The minimum absolute atomic E-state index is 0.0228. The van der Waals surface area contributed by atoms with E-state index in [0.717, 1.165) is 17.9 Å². The van der Waals surface area contributed by atoms with Gasteiger partial charge in [0.1, 0.15) is 17.6 Å². The number of imidazole rings is 1. The lowest BCUT2D eigenvalue weighted by molar-refractivity contribution is -0.134. The van der Waals surface area contributed by atoms with Crippen molar-refractivity contribution in [1.29, 1.82) is 5.41 Å². The molecule has 2 aromatic heterocycles. The minimum atomic E-state index is -1.36. The number of nitrogen functional groups attached to an aromatic ring is 1. The van der Waals surface area contributed by atoms with Gasteiger partial charge in [0.25, 0.3) is 5.97 Å². The number of hydrogen-bond acceptors (Lipinski definition) is 10. The highest BCUT2D eigenvalue weighted by Gasteiger charge is 2.28. The molecule has 0 fully saturated rings. The summed E-state index contributed by atoms with van der Waals surface area (Å²) in [6.45, 7) is 0.969. The molecule has 16 nitrogen and oxygen atoms in total. The van der Waals surface area contributed by atoms with Crippen LogP contribution in [0.3, 0.4) is 0 Å². The number of H-pyrrole nitrogens is 2. The Labute approximate surface area is 242 Å². The van der Waals surface area contributed by atoms with Crippen LogP contribution in [0.1, 0.15) is 46.8 Å². The number of nitrogens with zero attached hydrogens (tertiary/aromatic N) is 3. The van der Waals surface area contributed by atoms with Crippen molar-refractivity contribution in [1.82, 2.24) is 24.7 Å². The molecule has 0 spiro atoms. The van der Waals surface area contributed by atoms with Crippen molar-refractivity contribution >= 4 is 23.5 Å². The number of methoxy groups -OCH3 is 1. The van der Waals surface area contributed by atoms with Gasteiger partial charge in [0, 0.05) is 42.8 Å². The zero-order valence-corrected chi connectivity index (χ0v) is 22.9. The number of rotatable bonds is 12. The third-order valence-electron chi connectivity index (χ3n) is 5.60.